The van der Waals surface area contributed by atoms with Gasteiger partial charge in [-0.05, 0) is 44.9 Å². The van der Waals surface area contributed by atoms with Gasteiger partial charge in [-0.15, -0.1) is 0 Å². The van der Waals surface area contributed by atoms with Crippen LogP contribution in [0.4, 0.5) is 24.7 Å². The van der Waals surface area contributed by atoms with Crippen LogP contribution in [0.2, 0.25) is 5.02 Å². The van der Waals surface area contributed by atoms with Crippen molar-refractivity contribution in [3.8, 4) is 0 Å². The number of pyridine rings is 1. The normalized spacial score (nSPS) is 21.5. The third-order valence-corrected chi connectivity index (χ3v) is 8.41. The molecule has 1 aromatic heterocycles. The van der Waals surface area contributed by atoms with Crippen LogP contribution >= 0.6 is 11.6 Å². The Kier molecular flexibility index (Phi) is 6.54. The average molecular weight is 503 g/mol. The third-order valence-electron chi connectivity index (χ3n) is 6.66. The molecule has 1 saturated carbocycles. The molecule has 0 bridgehead atoms. The SMILES string of the molecule is CCN(C1CCC1)[C@]1(C)CCN(c2cc(F)c(S(=O)(=O)Nc3cccc(F)n3)c(F)c2Cl)C1. The van der Waals surface area contributed by atoms with Crippen molar-refractivity contribution in [2.45, 2.75) is 56.0 Å². The topological polar surface area (TPSA) is 65.5 Å². The van der Waals surface area contributed by atoms with Crippen LogP contribution in [0.15, 0.2) is 29.2 Å². The summed E-state index contributed by atoms with van der Waals surface area (Å²) in [6.45, 7) is 6.19. The second-order valence-electron chi connectivity index (χ2n) is 8.82. The van der Waals surface area contributed by atoms with E-state index in [1.807, 2.05) is 4.72 Å². The van der Waals surface area contributed by atoms with Crippen molar-refractivity contribution >= 4 is 33.1 Å². The van der Waals surface area contributed by atoms with E-state index in [1.54, 1.807) is 4.90 Å². The lowest BCUT2D eigenvalue weighted by atomic mass is 9.86. The second kappa shape index (κ2) is 8.96. The number of benzene rings is 1. The van der Waals surface area contributed by atoms with Crippen molar-refractivity contribution in [3.63, 3.8) is 0 Å². The van der Waals surface area contributed by atoms with Gasteiger partial charge in [0.2, 0.25) is 5.95 Å². The molecule has 0 amide bonds. The monoisotopic (exact) mass is 502 g/mol. The minimum Gasteiger partial charge on any atom is -0.368 e. The summed E-state index contributed by atoms with van der Waals surface area (Å²) in [5, 5.41) is -0.472. The van der Waals surface area contributed by atoms with Gasteiger partial charge in [-0.1, -0.05) is 31.0 Å². The summed E-state index contributed by atoms with van der Waals surface area (Å²) in [4.78, 5) is 6.39. The first-order chi connectivity index (χ1) is 15.6. The lowest BCUT2D eigenvalue weighted by molar-refractivity contribution is 0.0359. The minimum atomic E-state index is -4.74. The zero-order chi connectivity index (χ0) is 24.0. The van der Waals surface area contributed by atoms with Crippen LogP contribution in [0.5, 0.6) is 0 Å². The first kappa shape index (κ1) is 24.1. The Morgan fingerprint density at radius 3 is 2.64 bits per heavy atom. The van der Waals surface area contributed by atoms with Crippen LogP contribution in [-0.2, 0) is 10.0 Å². The van der Waals surface area contributed by atoms with Crippen LogP contribution in [-0.4, -0.2) is 49.5 Å². The van der Waals surface area contributed by atoms with Crippen LogP contribution in [0.3, 0.4) is 0 Å². The molecule has 180 valence electrons. The number of nitrogens with one attached hydrogen (secondary N) is 1. The number of nitrogens with zero attached hydrogens (tertiary/aromatic N) is 3. The van der Waals surface area contributed by atoms with E-state index in [4.69, 9.17) is 11.6 Å². The zero-order valence-corrected chi connectivity index (χ0v) is 20.0. The van der Waals surface area contributed by atoms with Gasteiger partial charge in [0, 0.05) is 30.7 Å². The molecule has 11 heteroatoms. The van der Waals surface area contributed by atoms with Crippen molar-refractivity contribution in [1.29, 1.82) is 0 Å². The highest BCUT2D eigenvalue weighted by molar-refractivity contribution is 7.92. The van der Waals surface area contributed by atoms with Gasteiger partial charge in [0.15, 0.2) is 10.7 Å². The van der Waals surface area contributed by atoms with Crippen LogP contribution in [0.25, 0.3) is 0 Å². The summed E-state index contributed by atoms with van der Waals surface area (Å²) in [5.41, 5.74) is -0.0613. The van der Waals surface area contributed by atoms with Crippen LogP contribution in [0.1, 0.15) is 39.5 Å². The number of sulfonamides is 1. The predicted octanol–water partition coefficient (Wildman–Crippen LogP) is 4.80. The molecule has 0 radical (unpaired) electrons. The van der Waals surface area contributed by atoms with Gasteiger partial charge in [0.25, 0.3) is 10.0 Å². The minimum absolute atomic E-state index is 0.114. The summed E-state index contributed by atoms with van der Waals surface area (Å²) in [6, 6.07) is 4.86. The fourth-order valence-electron chi connectivity index (χ4n) is 4.86. The molecule has 1 aliphatic carbocycles. The van der Waals surface area contributed by atoms with Gasteiger partial charge in [0.05, 0.1) is 5.69 Å². The number of likely N-dealkylation sites (N-methyl/N-ethyl adjacent to an activating group) is 1. The summed E-state index contributed by atoms with van der Waals surface area (Å²) in [7, 11) is -4.74. The van der Waals surface area contributed by atoms with E-state index < -0.39 is 43.3 Å². The first-order valence-corrected chi connectivity index (χ1v) is 12.8. The summed E-state index contributed by atoms with van der Waals surface area (Å²) >= 11 is 6.23. The fraction of sp³-hybridized carbons (Fsp3) is 0.500. The maximum Gasteiger partial charge on any atom is 0.268 e. The number of rotatable bonds is 7. The maximum absolute atomic E-state index is 15.1. The van der Waals surface area contributed by atoms with Gasteiger partial charge in [-0.2, -0.15) is 4.39 Å². The summed E-state index contributed by atoms with van der Waals surface area (Å²) in [5.74, 6) is -4.02. The smallest absolute Gasteiger partial charge is 0.268 e. The van der Waals surface area contributed by atoms with Crippen molar-refractivity contribution in [2.24, 2.45) is 0 Å². The average Bonchev–Trinajstić information content (AvgIpc) is 3.09. The Hall–Kier alpha value is -2.04. The summed E-state index contributed by atoms with van der Waals surface area (Å²) < 4.78 is 70.6. The zero-order valence-electron chi connectivity index (χ0n) is 18.4. The quantitative estimate of drug-likeness (QED) is 0.435. The predicted molar refractivity (Wildman–Crippen MR) is 122 cm³/mol. The number of halogens is 4. The van der Waals surface area contributed by atoms with Crippen molar-refractivity contribution in [2.75, 3.05) is 29.3 Å². The Balaban J connectivity index is 1.62. The van der Waals surface area contributed by atoms with E-state index in [0.717, 1.165) is 37.9 Å². The van der Waals surface area contributed by atoms with Crippen LogP contribution < -0.4 is 9.62 Å². The molecule has 1 aliphatic heterocycles. The summed E-state index contributed by atoms with van der Waals surface area (Å²) in [6.07, 6.45) is 4.29. The first-order valence-electron chi connectivity index (χ1n) is 10.9. The van der Waals surface area contributed by atoms with Crippen molar-refractivity contribution in [1.82, 2.24) is 9.88 Å². The largest absolute Gasteiger partial charge is 0.368 e. The Morgan fingerprint density at radius 2 is 2.03 bits per heavy atom. The molecule has 0 spiro atoms. The fourth-order valence-corrected chi connectivity index (χ4v) is 6.33. The van der Waals surface area contributed by atoms with E-state index in [2.05, 4.69) is 23.7 Å². The number of hydrogen-bond acceptors (Lipinski definition) is 5. The molecule has 1 aromatic carbocycles. The van der Waals surface area contributed by atoms with Gasteiger partial charge in [-0.3, -0.25) is 9.62 Å². The van der Waals surface area contributed by atoms with Crippen LogP contribution in [0, 0.1) is 17.6 Å². The van der Waals surface area contributed by atoms with Gasteiger partial charge >= 0.3 is 0 Å². The highest BCUT2D eigenvalue weighted by Gasteiger charge is 2.43. The highest BCUT2D eigenvalue weighted by atomic mass is 35.5. The molecule has 1 saturated heterocycles. The lowest BCUT2D eigenvalue weighted by Gasteiger charge is -2.47. The van der Waals surface area contributed by atoms with E-state index >= 15 is 4.39 Å². The highest BCUT2D eigenvalue weighted by Crippen LogP contribution is 2.41. The van der Waals surface area contributed by atoms with E-state index in [9.17, 15) is 17.2 Å². The number of hydrogen-bond donors (Lipinski definition) is 1. The molecule has 2 aliphatic rings. The van der Waals surface area contributed by atoms with Gasteiger partial charge < -0.3 is 4.90 Å². The van der Waals surface area contributed by atoms with E-state index in [-0.39, 0.29) is 11.2 Å². The number of anilines is 2. The second-order valence-corrected chi connectivity index (χ2v) is 10.8. The third kappa shape index (κ3) is 4.52. The van der Waals surface area contributed by atoms with Crippen molar-refractivity contribution < 1.29 is 21.6 Å². The van der Waals surface area contributed by atoms with E-state index in [1.165, 1.54) is 18.6 Å². The molecule has 1 atom stereocenters. The molecule has 33 heavy (non-hydrogen) atoms. The molecule has 2 fully saturated rings. The molecular formula is C22H26ClF3N4O2S. The molecule has 4 rings (SSSR count). The van der Waals surface area contributed by atoms with Crippen molar-refractivity contribution in [3.05, 3.63) is 46.9 Å². The maximum atomic E-state index is 15.1. The standard InChI is InChI=1S/C22H26ClF3N4O2S/c1-3-30(14-6-4-7-14)22(2)10-11-29(13-22)16-12-15(24)21(20(26)19(16)23)33(31,32)28-18-9-5-8-17(25)27-18/h5,8-9,12,14H,3-4,6-7,10-11,13H2,1-2H3,(H,27,28)/t22-/m1/s1. The van der Waals surface area contributed by atoms with E-state index in [0.29, 0.717) is 19.1 Å². The molecule has 2 heterocycles. The molecule has 1 N–H and O–H groups in total. The Bertz CT molecular complexity index is 1160. The molecule has 6 nitrogen and oxygen atoms in total. The van der Waals surface area contributed by atoms with Gasteiger partial charge in [0.1, 0.15) is 16.7 Å². The Morgan fingerprint density at radius 1 is 1.30 bits per heavy atom. The molecular weight excluding hydrogens is 477 g/mol. The Labute approximate surface area is 196 Å². The lowest BCUT2D eigenvalue weighted by Crippen LogP contribution is -2.55. The molecule has 2 aromatic rings. The van der Waals surface area contributed by atoms with Gasteiger partial charge in [-0.25, -0.2) is 22.2 Å². The number of aromatic nitrogens is 1. The molecule has 0 unspecified atom stereocenters.